The highest BCUT2D eigenvalue weighted by Gasteiger charge is 2.05. The number of hydrogen-bond donors (Lipinski definition) is 1. The number of anilines is 1. The molecule has 0 saturated carbocycles. The smallest absolute Gasteiger partial charge is 0.282 e. The molecular weight excluding hydrogens is 286 g/mol. The van der Waals surface area contributed by atoms with E-state index in [4.69, 9.17) is 4.74 Å². The Bertz CT molecular complexity index is 418. The van der Waals surface area contributed by atoms with Gasteiger partial charge in [-0.15, -0.1) is 0 Å². The van der Waals surface area contributed by atoms with E-state index in [1.54, 1.807) is 13.2 Å². The van der Waals surface area contributed by atoms with Crippen molar-refractivity contribution in [1.82, 2.24) is 9.78 Å². The van der Waals surface area contributed by atoms with Crippen molar-refractivity contribution < 1.29 is 4.74 Å². The molecule has 6 heteroatoms. The molecule has 0 amide bonds. The van der Waals surface area contributed by atoms with Crippen molar-refractivity contribution >= 4 is 21.6 Å². The van der Waals surface area contributed by atoms with Crippen LogP contribution in [0.5, 0.6) is 0 Å². The fourth-order valence-electron chi connectivity index (χ4n) is 1.21. The first-order valence-corrected chi connectivity index (χ1v) is 6.35. The zero-order valence-electron chi connectivity index (χ0n) is 10.4. The van der Waals surface area contributed by atoms with E-state index in [1.807, 2.05) is 0 Å². The van der Waals surface area contributed by atoms with Crippen molar-refractivity contribution in [3.63, 3.8) is 0 Å². The number of halogens is 1. The second kappa shape index (κ2) is 6.76. The Hall–Kier alpha value is -0.880. The summed E-state index contributed by atoms with van der Waals surface area (Å²) >= 11 is 3.25. The Morgan fingerprint density at radius 2 is 2.29 bits per heavy atom. The number of nitrogens with one attached hydrogen (secondary N) is 1. The van der Waals surface area contributed by atoms with Gasteiger partial charge in [0.15, 0.2) is 0 Å². The minimum atomic E-state index is -0.155. The lowest BCUT2D eigenvalue weighted by Crippen LogP contribution is -2.22. The molecule has 0 aliphatic heterocycles. The first kappa shape index (κ1) is 14.2. The summed E-state index contributed by atoms with van der Waals surface area (Å²) in [6, 6.07) is 0. The number of aryl methyl sites for hydroxylation is 1. The average molecular weight is 304 g/mol. The van der Waals surface area contributed by atoms with Gasteiger partial charge in [-0.3, -0.25) is 4.79 Å². The third-order valence-electron chi connectivity index (χ3n) is 2.09. The van der Waals surface area contributed by atoms with Crippen LogP contribution in [0.25, 0.3) is 0 Å². The topological polar surface area (TPSA) is 56.1 Å². The van der Waals surface area contributed by atoms with Crippen molar-refractivity contribution in [2.45, 2.75) is 13.8 Å². The molecule has 0 spiro atoms. The van der Waals surface area contributed by atoms with Crippen LogP contribution in [0.1, 0.15) is 13.8 Å². The number of rotatable bonds is 6. The Kier molecular flexibility index (Phi) is 5.64. The van der Waals surface area contributed by atoms with Gasteiger partial charge < -0.3 is 10.1 Å². The second-order valence-electron chi connectivity index (χ2n) is 4.20. The molecule has 0 saturated heterocycles. The Labute approximate surface area is 109 Å². The monoisotopic (exact) mass is 303 g/mol. The van der Waals surface area contributed by atoms with Gasteiger partial charge in [-0.05, 0) is 21.8 Å². The molecule has 0 aromatic carbocycles. The summed E-state index contributed by atoms with van der Waals surface area (Å²) in [6.07, 6.45) is 1.62. The summed E-state index contributed by atoms with van der Waals surface area (Å²) in [7, 11) is 1.61. The maximum absolute atomic E-state index is 11.5. The van der Waals surface area contributed by atoms with E-state index in [2.05, 4.69) is 40.2 Å². The molecule has 0 fully saturated rings. The van der Waals surface area contributed by atoms with Gasteiger partial charge >= 0.3 is 0 Å². The molecule has 1 rings (SSSR count). The van der Waals surface area contributed by atoms with Crippen LogP contribution in [0.15, 0.2) is 15.5 Å². The van der Waals surface area contributed by atoms with Crippen molar-refractivity contribution in [2.75, 3.05) is 25.1 Å². The summed E-state index contributed by atoms with van der Waals surface area (Å²) in [5.41, 5.74) is 0.541. The largest absolute Gasteiger partial charge is 0.380 e. The standard InChI is InChI=1S/C11H18BrN3O2/c1-8(2)7-17-5-4-13-9-6-14-15(3)11(16)10(9)12/h6,8,13H,4-5,7H2,1-3H3. The van der Waals surface area contributed by atoms with Crippen LogP contribution in [0.3, 0.4) is 0 Å². The third kappa shape index (κ3) is 4.47. The zero-order chi connectivity index (χ0) is 12.8. The first-order chi connectivity index (χ1) is 8.02. The number of aromatic nitrogens is 2. The van der Waals surface area contributed by atoms with Gasteiger partial charge in [0.05, 0.1) is 18.5 Å². The van der Waals surface area contributed by atoms with Gasteiger partial charge in [0, 0.05) is 20.2 Å². The summed E-state index contributed by atoms with van der Waals surface area (Å²) in [5.74, 6) is 0.535. The molecule has 96 valence electrons. The predicted molar refractivity (Wildman–Crippen MR) is 71.3 cm³/mol. The van der Waals surface area contributed by atoms with E-state index >= 15 is 0 Å². The lowest BCUT2D eigenvalue weighted by molar-refractivity contribution is 0.118. The molecule has 0 atom stereocenters. The molecule has 1 aromatic rings. The van der Waals surface area contributed by atoms with Crippen LogP contribution >= 0.6 is 15.9 Å². The van der Waals surface area contributed by atoms with Gasteiger partial charge in [0.1, 0.15) is 4.47 Å². The highest BCUT2D eigenvalue weighted by molar-refractivity contribution is 9.10. The van der Waals surface area contributed by atoms with Gasteiger partial charge in [0.2, 0.25) is 0 Å². The van der Waals surface area contributed by atoms with Crippen LogP contribution < -0.4 is 10.9 Å². The van der Waals surface area contributed by atoms with Gasteiger partial charge in [-0.1, -0.05) is 13.8 Å². The van der Waals surface area contributed by atoms with E-state index in [-0.39, 0.29) is 5.56 Å². The van der Waals surface area contributed by atoms with Crippen LogP contribution in [0, 0.1) is 5.92 Å². The highest BCUT2D eigenvalue weighted by Crippen LogP contribution is 2.15. The zero-order valence-corrected chi connectivity index (χ0v) is 12.0. The minimum Gasteiger partial charge on any atom is -0.380 e. The summed E-state index contributed by atoms with van der Waals surface area (Å²) in [6.45, 7) is 6.22. The van der Waals surface area contributed by atoms with Gasteiger partial charge in [-0.25, -0.2) is 4.68 Å². The van der Waals surface area contributed by atoms with Crippen LogP contribution in [-0.4, -0.2) is 29.5 Å². The molecule has 0 unspecified atom stereocenters. The van der Waals surface area contributed by atoms with E-state index in [0.29, 0.717) is 29.2 Å². The fraction of sp³-hybridized carbons (Fsp3) is 0.636. The molecule has 1 aromatic heterocycles. The molecule has 0 bridgehead atoms. The summed E-state index contributed by atoms with van der Waals surface area (Å²) in [5, 5.41) is 7.04. The molecule has 1 N–H and O–H groups in total. The quantitative estimate of drug-likeness (QED) is 0.812. The molecule has 0 aliphatic rings. The first-order valence-electron chi connectivity index (χ1n) is 5.55. The van der Waals surface area contributed by atoms with Crippen molar-refractivity contribution in [3.8, 4) is 0 Å². The second-order valence-corrected chi connectivity index (χ2v) is 4.99. The number of nitrogens with zero attached hydrogens (tertiary/aromatic N) is 2. The minimum absolute atomic E-state index is 0.155. The third-order valence-corrected chi connectivity index (χ3v) is 2.86. The maximum atomic E-state index is 11.5. The Balaban J connectivity index is 2.42. The van der Waals surface area contributed by atoms with Crippen LogP contribution in [0.4, 0.5) is 5.69 Å². The van der Waals surface area contributed by atoms with Crippen molar-refractivity contribution in [2.24, 2.45) is 13.0 Å². The normalized spacial score (nSPS) is 10.9. The van der Waals surface area contributed by atoms with Crippen molar-refractivity contribution in [3.05, 3.63) is 21.0 Å². The van der Waals surface area contributed by atoms with E-state index in [0.717, 1.165) is 6.61 Å². The van der Waals surface area contributed by atoms with Crippen LogP contribution in [0.2, 0.25) is 0 Å². The maximum Gasteiger partial charge on any atom is 0.282 e. The SMILES string of the molecule is CC(C)COCCNc1cnn(C)c(=O)c1Br. The summed E-state index contributed by atoms with van der Waals surface area (Å²) in [4.78, 5) is 11.5. The van der Waals surface area contributed by atoms with Crippen molar-refractivity contribution in [1.29, 1.82) is 0 Å². The number of ether oxygens (including phenoxy) is 1. The Morgan fingerprint density at radius 3 is 2.94 bits per heavy atom. The average Bonchev–Trinajstić information content (AvgIpc) is 2.28. The molecule has 0 aliphatic carbocycles. The van der Waals surface area contributed by atoms with E-state index < -0.39 is 0 Å². The fourth-order valence-corrected chi connectivity index (χ4v) is 1.71. The van der Waals surface area contributed by atoms with E-state index in [1.165, 1.54) is 4.68 Å². The summed E-state index contributed by atoms with van der Waals surface area (Å²) < 4.78 is 7.21. The predicted octanol–water partition coefficient (Wildman–Crippen LogP) is 1.63. The lowest BCUT2D eigenvalue weighted by Gasteiger charge is -2.10. The highest BCUT2D eigenvalue weighted by atomic mass is 79.9. The lowest BCUT2D eigenvalue weighted by atomic mass is 10.2. The van der Waals surface area contributed by atoms with Crippen LogP contribution in [-0.2, 0) is 11.8 Å². The van der Waals surface area contributed by atoms with Gasteiger partial charge in [-0.2, -0.15) is 5.10 Å². The molecule has 5 nitrogen and oxygen atoms in total. The molecule has 1 heterocycles. The number of hydrogen-bond acceptors (Lipinski definition) is 4. The van der Waals surface area contributed by atoms with Gasteiger partial charge in [0.25, 0.3) is 5.56 Å². The Morgan fingerprint density at radius 1 is 1.59 bits per heavy atom. The molecule has 17 heavy (non-hydrogen) atoms. The van der Waals surface area contributed by atoms with E-state index in [9.17, 15) is 4.79 Å². The molecule has 0 radical (unpaired) electrons. The molecular formula is C11H18BrN3O2.